The Balaban J connectivity index is -0.0000000358. The van der Waals surface area contributed by atoms with Crippen molar-refractivity contribution in [3.8, 4) is 0 Å². The van der Waals surface area contributed by atoms with E-state index >= 15 is 0 Å². The van der Waals surface area contributed by atoms with Crippen LogP contribution in [0.2, 0.25) is 0 Å². The number of hydrogen-bond donors (Lipinski definition) is 4. The molecule has 0 aromatic heterocycles. The molecule has 0 heterocycles. The molecule has 16 heavy (non-hydrogen) atoms. The normalized spacial score (nSPS) is 9.12. The molecule has 0 fully saturated rings. The summed E-state index contributed by atoms with van der Waals surface area (Å²) in [6.07, 6.45) is 0. The quantitative estimate of drug-likeness (QED) is 0.207. The second kappa shape index (κ2) is 15.1. The number of rotatable bonds is 1. The van der Waals surface area contributed by atoms with Gasteiger partial charge < -0.3 is 26.0 Å². The smallest absolute Gasteiger partial charge is 0.759 e. The van der Waals surface area contributed by atoms with Gasteiger partial charge in [-0.1, -0.05) is 0 Å². The van der Waals surface area contributed by atoms with Gasteiger partial charge in [-0.2, -0.15) is 8.42 Å². The van der Waals surface area contributed by atoms with Crippen LogP contribution in [0.5, 0.6) is 0 Å². The van der Waals surface area contributed by atoms with Gasteiger partial charge in [-0.25, -0.2) is 0 Å². The van der Waals surface area contributed by atoms with Gasteiger partial charge in [0.15, 0.2) is 0 Å². The van der Waals surface area contributed by atoms with Crippen LogP contribution in [0, 0.1) is 0 Å². The Bertz CT molecular complexity index is 249. The summed E-state index contributed by atoms with van der Waals surface area (Å²) in [5.74, 6) is 0. The fourth-order valence-electron chi connectivity index (χ4n) is 0. The molecule has 8 N–H and O–H groups in total. The molecule has 0 bridgehead atoms. The summed E-state index contributed by atoms with van der Waals surface area (Å²) >= 11 is 0. The summed E-state index contributed by atoms with van der Waals surface area (Å²) in [5.41, 5.74) is 9.81. The van der Waals surface area contributed by atoms with E-state index in [1.807, 2.05) is 0 Å². The van der Waals surface area contributed by atoms with Crippen LogP contribution in [0.4, 0.5) is 0 Å². The van der Waals surface area contributed by atoms with Crippen LogP contribution in [0.1, 0.15) is 0 Å². The van der Waals surface area contributed by atoms with E-state index in [0.29, 0.717) is 13.1 Å². The van der Waals surface area contributed by atoms with Gasteiger partial charge in [0.05, 0.1) is 0 Å². The average Bonchev–Trinajstić information content (AvgIpc) is 1.79. The van der Waals surface area contributed by atoms with Crippen LogP contribution >= 0.6 is 0 Å². The molecule has 0 atom stereocenters. The van der Waals surface area contributed by atoms with Crippen molar-refractivity contribution in [3.63, 3.8) is 0 Å². The van der Waals surface area contributed by atoms with Gasteiger partial charge in [-0.15, -0.1) is 0 Å². The molecule has 0 aromatic carbocycles. The minimum atomic E-state index is -5.17. The molecule has 0 radical (unpaired) electrons. The van der Waals surface area contributed by atoms with E-state index < -0.39 is 20.8 Å². The maximum absolute atomic E-state index is 8.74. The molecule has 14 heteroatoms. The van der Waals surface area contributed by atoms with Gasteiger partial charge in [-0.3, -0.25) is 17.5 Å². The molecular weight excluding hydrogens is 316 g/mol. The number of hydrogen-bond acceptors (Lipinski definition) is 8. The molecule has 0 aliphatic rings. The van der Waals surface area contributed by atoms with Gasteiger partial charge in [0.1, 0.15) is 0 Å². The molecule has 0 aromatic rings. The minimum Gasteiger partial charge on any atom is -0.759 e. The first kappa shape index (κ1) is 29.8. The molecule has 0 rings (SSSR count). The van der Waals surface area contributed by atoms with Gasteiger partial charge in [0.25, 0.3) is 0 Å². The van der Waals surface area contributed by atoms with Crippen molar-refractivity contribution in [2.24, 2.45) is 11.5 Å². The molecule has 0 amide bonds. The van der Waals surface area contributed by atoms with Gasteiger partial charge in [0, 0.05) is 23.5 Å². The first-order chi connectivity index (χ1) is 5.91. The molecule has 0 aliphatic carbocycles. The van der Waals surface area contributed by atoms with Crippen molar-refractivity contribution in [2.45, 2.75) is 0 Å². The second-order valence-electron chi connectivity index (χ2n) is 1.43. The predicted octanol–water partition coefficient (Wildman–Crippen LogP) is -3.91. The van der Waals surface area contributed by atoms with E-state index in [0.717, 1.165) is 0 Å². The van der Waals surface area contributed by atoms with E-state index in [1.54, 1.807) is 0 Å². The molecule has 104 valence electrons. The first-order valence-electron chi connectivity index (χ1n) is 2.68. The van der Waals surface area contributed by atoms with Gasteiger partial charge >= 0.3 is 27.5 Å². The van der Waals surface area contributed by atoms with Gasteiger partial charge in [0.2, 0.25) is 0 Å². The standard InChI is InChI=1S/C2H8N2.Fe.2H2O4S.H2O/c3-1-2-4;;2*1-5(2,3)4;/h1-4H2;;2*(H2,1,2,3,4);1H2/q;+2;;;/p-2. The van der Waals surface area contributed by atoms with Crippen LogP contribution in [0.25, 0.3) is 0 Å². The maximum Gasteiger partial charge on any atom is 2.00 e. The molecule has 11 nitrogen and oxygen atoms in total. The van der Waals surface area contributed by atoms with Gasteiger partial charge in [-0.05, 0) is 0 Å². The zero-order chi connectivity index (χ0) is 12.4. The van der Waals surface area contributed by atoms with E-state index in [-0.39, 0.29) is 22.5 Å². The van der Waals surface area contributed by atoms with Crippen molar-refractivity contribution in [3.05, 3.63) is 0 Å². The summed E-state index contributed by atoms with van der Waals surface area (Å²) in [7, 11) is -9.83. The summed E-state index contributed by atoms with van der Waals surface area (Å²) < 4.78 is 65.7. The third-order valence-electron chi connectivity index (χ3n) is 0.167. The zero-order valence-electron chi connectivity index (χ0n) is 7.58. The molecule has 0 saturated heterocycles. The Morgan fingerprint density at radius 1 is 0.938 bits per heavy atom. The molecule has 0 aliphatic heterocycles. The summed E-state index contributed by atoms with van der Waals surface area (Å²) in [5, 5.41) is 0. The van der Waals surface area contributed by atoms with Crippen LogP contribution in [0.3, 0.4) is 0 Å². The topological polar surface area (TPSA) is 238 Å². The Labute approximate surface area is 103 Å². The molecular formula is C2H12FeN2O9S2. The monoisotopic (exact) mass is 328 g/mol. The third-order valence-corrected chi connectivity index (χ3v) is 0.167. The Kier molecular flexibility index (Phi) is 28.2. The van der Waals surface area contributed by atoms with Crippen molar-refractivity contribution in [2.75, 3.05) is 13.1 Å². The summed E-state index contributed by atoms with van der Waals surface area (Å²) in [6.45, 7) is 1.19. The van der Waals surface area contributed by atoms with E-state index in [4.69, 9.17) is 46.5 Å². The van der Waals surface area contributed by atoms with Crippen LogP contribution in [0.15, 0.2) is 0 Å². The zero-order valence-corrected chi connectivity index (χ0v) is 10.3. The van der Waals surface area contributed by atoms with E-state index in [1.165, 1.54) is 0 Å². The second-order valence-corrected chi connectivity index (χ2v) is 3.15. The Morgan fingerprint density at radius 2 is 1.00 bits per heavy atom. The average molecular weight is 328 g/mol. The third kappa shape index (κ3) is 1880. The molecule has 0 saturated carbocycles. The molecule has 0 spiro atoms. The van der Waals surface area contributed by atoms with E-state index in [2.05, 4.69) is 0 Å². The Hall–Kier alpha value is 0.139. The minimum absolute atomic E-state index is 0. The van der Waals surface area contributed by atoms with E-state index in [9.17, 15) is 0 Å². The SMILES string of the molecule is NCCN.O.O=S(=O)(O)O.O=S(=O)([O-])[O-].[Fe+2]. The Morgan fingerprint density at radius 3 is 1.00 bits per heavy atom. The first-order valence-corrected chi connectivity index (χ1v) is 5.41. The summed E-state index contributed by atoms with van der Waals surface area (Å²) in [4.78, 5) is 0. The predicted molar refractivity (Wildman–Crippen MR) is 46.4 cm³/mol. The van der Waals surface area contributed by atoms with Crippen molar-refractivity contribution >= 4 is 20.8 Å². The largest absolute Gasteiger partial charge is 2.00 e. The fraction of sp³-hybridized carbons (Fsp3) is 1.00. The van der Waals surface area contributed by atoms with Crippen LogP contribution in [-0.2, 0) is 37.9 Å². The molecule has 0 unspecified atom stereocenters. The number of nitrogens with two attached hydrogens (primary N) is 2. The maximum atomic E-state index is 8.74. The van der Waals surface area contributed by atoms with Crippen molar-refractivity contribution in [1.82, 2.24) is 0 Å². The van der Waals surface area contributed by atoms with Crippen molar-refractivity contribution < 1.29 is 57.6 Å². The summed E-state index contributed by atoms with van der Waals surface area (Å²) in [6, 6.07) is 0. The van der Waals surface area contributed by atoms with Crippen LogP contribution < -0.4 is 11.5 Å². The fourth-order valence-corrected chi connectivity index (χ4v) is 0. The van der Waals surface area contributed by atoms with Crippen LogP contribution in [-0.4, -0.2) is 53.6 Å². The van der Waals surface area contributed by atoms with Crippen molar-refractivity contribution in [1.29, 1.82) is 0 Å².